The fourth-order valence-corrected chi connectivity index (χ4v) is 3.92. The summed E-state index contributed by atoms with van der Waals surface area (Å²) >= 11 is 5.04. The second kappa shape index (κ2) is 8.04. The molecule has 0 unspecified atom stereocenters. The second-order valence-corrected chi connectivity index (χ2v) is 7.64. The van der Waals surface area contributed by atoms with Crippen LogP contribution in [0.3, 0.4) is 0 Å². The summed E-state index contributed by atoms with van der Waals surface area (Å²) in [5.41, 5.74) is 3.61. The third-order valence-corrected chi connectivity index (χ3v) is 5.41. The zero-order valence-electron chi connectivity index (χ0n) is 15.2. The number of imidazole rings is 1. The molecule has 0 aliphatic rings. The Morgan fingerprint density at radius 1 is 1.07 bits per heavy atom. The van der Waals surface area contributed by atoms with Crippen molar-refractivity contribution in [3.05, 3.63) is 65.0 Å². The van der Waals surface area contributed by atoms with Gasteiger partial charge in [0.25, 0.3) is 0 Å². The summed E-state index contributed by atoms with van der Waals surface area (Å²) in [4.78, 5) is 8.79. The maximum absolute atomic E-state index is 5.54. The molecule has 0 spiro atoms. The molecule has 1 N–H and O–H groups in total. The fourth-order valence-electron chi connectivity index (χ4n) is 2.83. The first kappa shape index (κ1) is 18.5. The third kappa shape index (κ3) is 3.74. The van der Waals surface area contributed by atoms with E-state index in [1.165, 1.54) is 11.3 Å². The molecule has 8 heteroatoms. The highest BCUT2D eigenvalue weighted by Crippen LogP contribution is 2.35. The summed E-state index contributed by atoms with van der Waals surface area (Å²) in [5, 5.41) is 6.13. The molecule has 2 heterocycles. The van der Waals surface area contributed by atoms with Crippen LogP contribution in [-0.4, -0.2) is 28.8 Å². The van der Waals surface area contributed by atoms with Gasteiger partial charge in [-0.25, -0.2) is 9.97 Å². The van der Waals surface area contributed by atoms with Gasteiger partial charge in [0.2, 0.25) is 0 Å². The SMILES string of the molecule is COc1ccc(Br)cc1-c1csc(Nc2ccc(-n3ccnc3)c(OC)c2)n1. The van der Waals surface area contributed by atoms with Gasteiger partial charge in [-0.1, -0.05) is 15.9 Å². The normalized spacial score (nSPS) is 10.7. The zero-order valence-corrected chi connectivity index (χ0v) is 17.6. The first-order chi connectivity index (χ1) is 13.7. The van der Waals surface area contributed by atoms with Gasteiger partial charge in [-0.05, 0) is 30.3 Å². The molecule has 0 atom stereocenters. The summed E-state index contributed by atoms with van der Waals surface area (Å²) in [6.07, 6.45) is 5.35. The van der Waals surface area contributed by atoms with Crippen molar-refractivity contribution in [2.45, 2.75) is 0 Å². The minimum Gasteiger partial charge on any atom is -0.496 e. The maximum atomic E-state index is 5.54. The predicted molar refractivity (Wildman–Crippen MR) is 115 cm³/mol. The van der Waals surface area contributed by atoms with Gasteiger partial charge in [-0.15, -0.1) is 11.3 Å². The van der Waals surface area contributed by atoms with Crippen LogP contribution in [0, 0.1) is 0 Å². The number of ether oxygens (including phenoxy) is 2. The van der Waals surface area contributed by atoms with E-state index < -0.39 is 0 Å². The van der Waals surface area contributed by atoms with Crippen molar-refractivity contribution in [3.8, 4) is 28.4 Å². The first-order valence-electron chi connectivity index (χ1n) is 8.41. The Morgan fingerprint density at radius 3 is 2.68 bits per heavy atom. The van der Waals surface area contributed by atoms with E-state index in [4.69, 9.17) is 14.5 Å². The van der Waals surface area contributed by atoms with Crippen LogP contribution in [0.4, 0.5) is 10.8 Å². The van der Waals surface area contributed by atoms with Gasteiger partial charge in [0.05, 0.1) is 31.9 Å². The van der Waals surface area contributed by atoms with Crippen LogP contribution in [-0.2, 0) is 0 Å². The largest absolute Gasteiger partial charge is 0.496 e. The Labute approximate surface area is 174 Å². The van der Waals surface area contributed by atoms with E-state index in [-0.39, 0.29) is 0 Å². The average molecular weight is 457 g/mol. The highest BCUT2D eigenvalue weighted by Gasteiger charge is 2.12. The van der Waals surface area contributed by atoms with E-state index in [0.717, 1.165) is 43.7 Å². The molecule has 28 heavy (non-hydrogen) atoms. The first-order valence-corrected chi connectivity index (χ1v) is 10.1. The zero-order chi connectivity index (χ0) is 19.5. The Hall–Kier alpha value is -2.84. The van der Waals surface area contributed by atoms with E-state index in [1.54, 1.807) is 26.7 Å². The molecule has 0 aliphatic heterocycles. The Bertz CT molecular complexity index is 1100. The average Bonchev–Trinajstić information content (AvgIpc) is 3.40. The molecule has 4 aromatic rings. The van der Waals surface area contributed by atoms with Crippen LogP contribution in [0.15, 0.2) is 65.0 Å². The van der Waals surface area contributed by atoms with E-state index in [1.807, 2.05) is 52.5 Å². The summed E-state index contributed by atoms with van der Waals surface area (Å²) in [6, 6.07) is 11.8. The Kier molecular flexibility index (Phi) is 5.31. The molecule has 2 aromatic heterocycles. The molecule has 0 radical (unpaired) electrons. The fraction of sp³-hybridized carbons (Fsp3) is 0.100. The maximum Gasteiger partial charge on any atom is 0.187 e. The number of rotatable bonds is 6. The second-order valence-electron chi connectivity index (χ2n) is 5.86. The highest BCUT2D eigenvalue weighted by atomic mass is 79.9. The van der Waals surface area contributed by atoms with Crippen molar-refractivity contribution in [2.75, 3.05) is 19.5 Å². The van der Waals surface area contributed by atoms with Gasteiger partial charge < -0.3 is 19.4 Å². The number of thiazole rings is 1. The van der Waals surface area contributed by atoms with Gasteiger partial charge in [-0.3, -0.25) is 0 Å². The number of benzene rings is 2. The lowest BCUT2D eigenvalue weighted by atomic mass is 10.1. The monoisotopic (exact) mass is 456 g/mol. The molecule has 0 amide bonds. The number of hydrogen-bond acceptors (Lipinski definition) is 6. The van der Waals surface area contributed by atoms with Gasteiger partial charge in [-0.2, -0.15) is 0 Å². The Morgan fingerprint density at radius 2 is 1.93 bits per heavy atom. The minimum absolute atomic E-state index is 0.744. The molecule has 0 saturated carbocycles. The smallest absolute Gasteiger partial charge is 0.187 e. The molecule has 0 saturated heterocycles. The van der Waals surface area contributed by atoms with Crippen molar-refractivity contribution >= 4 is 38.1 Å². The highest BCUT2D eigenvalue weighted by molar-refractivity contribution is 9.10. The van der Waals surface area contributed by atoms with Crippen LogP contribution < -0.4 is 14.8 Å². The van der Waals surface area contributed by atoms with Crippen LogP contribution in [0.1, 0.15) is 0 Å². The lowest BCUT2D eigenvalue weighted by Gasteiger charge is -2.11. The van der Waals surface area contributed by atoms with Crippen LogP contribution >= 0.6 is 27.3 Å². The molecule has 2 aromatic carbocycles. The number of methoxy groups -OCH3 is 2. The van der Waals surface area contributed by atoms with E-state index in [0.29, 0.717) is 0 Å². The van der Waals surface area contributed by atoms with Gasteiger partial charge in [0.15, 0.2) is 5.13 Å². The van der Waals surface area contributed by atoms with Crippen molar-refractivity contribution in [1.29, 1.82) is 0 Å². The summed E-state index contributed by atoms with van der Waals surface area (Å²) < 4.78 is 13.9. The summed E-state index contributed by atoms with van der Waals surface area (Å²) in [6.45, 7) is 0. The summed E-state index contributed by atoms with van der Waals surface area (Å²) in [5.74, 6) is 1.53. The molecule has 6 nitrogen and oxygen atoms in total. The van der Waals surface area contributed by atoms with Gasteiger partial charge >= 0.3 is 0 Å². The standard InChI is InChI=1S/C20H17BrN4O2S/c1-26-18-6-3-13(21)9-15(18)16-11-28-20(24-16)23-14-4-5-17(19(10-14)27-2)25-8-7-22-12-25/h3-12H,1-2H3,(H,23,24). The van der Waals surface area contributed by atoms with Gasteiger partial charge in [0, 0.05) is 39.6 Å². The quantitative estimate of drug-likeness (QED) is 0.413. The van der Waals surface area contributed by atoms with E-state index >= 15 is 0 Å². The lowest BCUT2D eigenvalue weighted by Crippen LogP contribution is -1.97. The van der Waals surface area contributed by atoms with Crippen LogP contribution in [0.25, 0.3) is 16.9 Å². The van der Waals surface area contributed by atoms with Crippen molar-refractivity contribution in [3.63, 3.8) is 0 Å². The molecule has 0 fully saturated rings. The Balaban J connectivity index is 1.60. The predicted octanol–water partition coefficient (Wildman–Crippen LogP) is 5.52. The molecular formula is C20H17BrN4O2S. The van der Waals surface area contributed by atoms with Crippen molar-refractivity contribution in [2.24, 2.45) is 0 Å². The van der Waals surface area contributed by atoms with Crippen LogP contribution in [0.2, 0.25) is 0 Å². The molecule has 0 aliphatic carbocycles. The van der Waals surface area contributed by atoms with Gasteiger partial charge in [0.1, 0.15) is 11.5 Å². The number of nitrogens with one attached hydrogen (secondary N) is 1. The minimum atomic E-state index is 0.744. The third-order valence-electron chi connectivity index (χ3n) is 4.16. The van der Waals surface area contributed by atoms with Crippen molar-refractivity contribution < 1.29 is 9.47 Å². The molecule has 0 bridgehead atoms. The van der Waals surface area contributed by atoms with E-state index in [2.05, 4.69) is 26.2 Å². The topological polar surface area (TPSA) is 61.2 Å². The van der Waals surface area contributed by atoms with E-state index in [9.17, 15) is 0 Å². The number of hydrogen-bond donors (Lipinski definition) is 1. The molecule has 4 rings (SSSR count). The number of aromatic nitrogens is 3. The van der Waals surface area contributed by atoms with Crippen LogP contribution in [0.5, 0.6) is 11.5 Å². The molecule has 142 valence electrons. The number of halogens is 1. The lowest BCUT2D eigenvalue weighted by molar-refractivity contribution is 0.413. The van der Waals surface area contributed by atoms with Crippen molar-refractivity contribution in [1.82, 2.24) is 14.5 Å². The number of anilines is 2. The number of nitrogens with zero attached hydrogens (tertiary/aromatic N) is 3. The summed E-state index contributed by atoms with van der Waals surface area (Å²) in [7, 11) is 3.31. The molecular weight excluding hydrogens is 440 g/mol.